The van der Waals surface area contributed by atoms with E-state index in [1.54, 1.807) is 31.2 Å². The van der Waals surface area contributed by atoms with Crippen LogP contribution in [0.2, 0.25) is 10.0 Å². The first-order valence-electron chi connectivity index (χ1n) is 13.9. The van der Waals surface area contributed by atoms with E-state index in [1.807, 2.05) is 30.3 Å². The van der Waals surface area contributed by atoms with E-state index in [1.165, 1.54) is 13.3 Å². The molecule has 1 atom stereocenters. The van der Waals surface area contributed by atoms with Gasteiger partial charge >= 0.3 is 11.8 Å². The highest BCUT2D eigenvalue weighted by Crippen LogP contribution is 2.42. The zero-order valence-corrected chi connectivity index (χ0v) is 25.8. The summed E-state index contributed by atoms with van der Waals surface area (Å²) in [4.78, 5) is 56.5. The fourth-order valence-corrected chi connectivity index (χ4v) is 5.46. The second-order valence-electron chi connectivity index (χ2n) is 10.2. The van der Waals surface area contributed by atoms with Crippen molar-refractivity contribution >= 4 is 64.4 Å². The largest absolute Gasteiger partial charge is 0.480 e. The third kappa shape index (κ3) is 6.89. The van der Waals surface area contributed by atoms with E-state index in [-0.39, 0.29) is 24.4 Å². The molecule has 1 saturated heterocycles. The minimum absolute atomic E-state index is 0.0750. The van der Waals surface area contributed by atoms with E-state index in [0.717, 1.165) is 0 Å². The lowest BCUT2D eigenvalue weighted by molar-refractivity contribution is -0.136. The Labute approximate surface area is 268 Å². The van der Waals surface area contributed by atoms with Crippen molar-refractivity contribution in [2.24, 2.45) is 0 Å². The second kappa shape index (κ2) is 13.7. The Morgan fingerprint density at radius 3 is 2.44 bits per heavy atom. The number of hydrogen-bond acceptors (Lipinski definition) is 8. The summed E-state index contributed by atoms with van der Waals surface area (Å²) < 4.78 is 5.25. The van der Waals surface area contributed by atoms with E-state index in [2.05, 4.69) is 31.2 Å². The number of carbonyl (C=O) groups excluding carboxylic acids is 4. The Bertz CT molecular complexity index is 1820. The number of pyridine rings is 2. The number of methoxy groups -OCH3 is 1. The predicted octanol–water partition coefficient (Wildman–Crippen LogP) is 5.32. The molecule has 4 N–H and O–H groups in total. The summed E-state index contributed by atoms with van der Waals surface area (Å²) in [7, 11) is 1.44. The summed E-state index contributed by atoms with van der Waals surface area (Å²) in [6.45, 7) is 1.91. The van der Waals surface area contributed by atoms with Gasteiger partial charge in [-0.15, -0.1) is 0 Å². The quantitative estimate of drug-likeness (QED) is 0.141. The highest BCUT2D eigenvalue weighted by atomic mass is 35.5. The van der Waals surface area contributed by atoms with Crippen LogP contribution in [0, 0.1) is 6.92 Å². The standard InChI is InChI=1S/C32H28Cl2N6O5/c1-17-23(39-31(44)30(43)36-15-19-10-12-26(42)37-19)13-14-35-29(17)38-25-8-4-6-21(28(25)34)20-5-3-7-22(27(20)33)24-11-9-18(16-41)32(40-24)45-2/h3-9,11,13-14,16,19H,10,12,15H2,1-2H3,(H,36,43)(H,37,42)(H2,35,38,39,44)/t19-/m0/s1. The lowest BCUT2D eigenvalue weighted by Gasteiger charge is -2.17. The Hall–Kier alpha value is -5.00. The molecule has 0 aliphatic carbocycles. The van der Waals surface area contributed by atoms with Crippen LogP contribution >= 0.6 is 23.2 Å². The van der Waals surface area contributed by atoms with Crippen molar-refractivity contribution in [1.82, 2.24) is 20.6 Å². The normalized spacial score (nSPS) is 14.0. The maximum absolute atomic E-state index is 12.6. The maximum Gasteiger partial charge on any atom is 0.313 e. The SMILES string of the molecule is COc1nc(-c2cccc(-c3cccc(Nc4nccc(NC(=O)C(=O)NC[C@@H]5CCC(=O)N5)c4C)c3Cl)c2Cl)ccc1C=O. The summed E-state index contributed by atoms with van der Waals surface area (Å²) in [5.41, 5.74) is 4.24. The zero-order chi connectivity index (χ0) is 32.1. The van der Waals surface area contributed by atoms with Gasteiger partial charge in [0.25, 0.3) is 0 Å². The third-order valence-electron chi connectivity index (χ3n) is 7.28. The summed E-state index contributed by atoms with van der Waals surface area (Å²) >= 11 is 13.8. The van der Waals surface area contributed by atoms with Crippen LogP contribution in [-0.2, 0) is 14.4 Å². The van der Waals surface area contributed by atoms with Gasteiger partial charge in [-0.1, -0.05) is 53.5 Å². The Morgan fingerprint density at radius 1 is 1.00 bits per heavy atom. The van der Waals surface area contributed by atoms with Crippen LogP contribution in [0.4, 0.5) is 17.2 Å². The fraction of sp³-hybridized carbons (Fsp3) is 0.188. The molecule has 2 aromatic carbocycles. The molecular formula is C32H28Cl2N6O5. The number of ether oxygens (including phenoxy) is 1. The predicted molar refractivity (Wildman–Crippen MR) is 172 cm³/mol. The van der Waals surface area contributed by atoms with Gasteiger partial charge in [0.05, 0.1) is 34.1 Å². The number of halogens is 2. The number of aromatic nitrogens is 2. The van der Waals surface area contributed by atoms with E-state index < -0.39 is 11.8 Å². The van der Waals surface area contributed by atoms with Crippen LogP contribution in [0.5, 0.6) is 5.88 Å². The van der Waals surface area contributed by atoms with Gasteiger partial charge in [-0.3, -0.25) is 19.2 Å². The molecule has 4 aromatic rings. The summed E-state index contributed by atoms with van der Waals surface area (Å²) in [6, 6.07) is 15.6. The van der Waals surface area contributed by atoms with E-state index in [0.29, 0.717) is 79.9 Å². The van der Waals surface area contributed by atoms with E-state index in [4.69, 9.17) is 27.9 Å². The number of anilines is 3. The number of amides is 3. The van der Waals surface area contributed by atoms with Gasteiger partial charge in [0, 0.05) is 53.1 Å². The number of aldehydes is 1. The number of benzene rings is 2. The molecule has 45 heavy (non-hydrogen) atoms. The Kier molecular flexibility index (Phi) is 9.60. The molecule has 5 rings (SSSR count). The molecule has 0 radical (unpaired) electrons. The van der Waals surface area contributed by atoms with Gasteiger partial charge in [0.15, 0.2) is 6.29 Å². The monoisotopic (exact) mass is 646 g/mol. The minimum atomic E-state index is -0.845. The van der Waals surface area contributed by atoms with Gasteiger partial charge in [0.1, 0.15) is 5.82 Å². The van der Waals surface area contributed by atoms with Crippen LogP contribution in [0.3, 0.4) is 0 Å². The number of nitrogens with zero attached hydrogens (tertiary/aromatic N) is 2. The van der Waals surface area contributed by atoms with Crippen LogP contribution in [0.25, 0.3) is 22.4 Å². The highest BCUT2D eigenvalue weighted by Gasteiger charge is 2.23. The molecule has 1 aliphatic heterocycles. The van der Waals surface area contributed by atoms with Crippen molar-refractivity contribution in [2.75, 3.05) is 24.3 Å². The summed E-state index contributed by atoms with van der Waals surface area (Å²) in [5.74, 6) is -1.14. The molecule has 0 unspecified atom stereocenters. The van der Waals surface area contributed by atoms with Gasteiger partial charge in [-0.05, 0) is 37.6 Å². The Morgan fingerprint density at radius 2 is 1.73 bits per heavy atom. The molecule has 0 saturated carbocycles. The van der Waals surface area contributed by atoms with Crippen molar-refractivity contribution in [3.05, 3.63) is 82.0 Å². The van der Waals surface area contributed by atoms with Crippen molar-refractivity contribution in [2.45, 2.75) is 25.8 Å². The average Bonchev–Trinajstić information content (AvgIpc) is 3.47. The highest BCUT2D eigenvalue weighted by molar-refractivity contribution is 6.40. The van der Waals surface area contributed by atoms with Crippen molar-refractivity contribution in [1.29, 1.82) is 0 Å². The van der Waals surface area contributed by atoms with Crippen molar-refractivity contribution < 1.29 is 23.9 Å². The van der Waals surface area contributed by atoms with Gasteiger partial charge in [-0.25, -0.2) is 9.97 Å². The van der Waals surface area contributed by atoms with E-state index in [9.17, 15) is 19.2 Å². The maximum atomic E-state index is 12.6. The van der Waals surface area contributed by atoms with Crippen LogP contribution in [-0.4, -0.2) is 53.7 Å². The molecule has 3 heterocycles. The average molecular weight is 648 g/mol. The van der Waals surface area contributed by atoms with E-state index >= 15 is 0 Å². The van der Waals surface area contributed by atoms with Crippen molar-refractivity contribution in [3.8, 4) is 28.3 Å². The first-order chi connectivity index (χ1) is 21.7. The first-order valence-corrected chi connectivity index (χ1v) is 14.6. The van der Waals surface area contributed by atoms with Crippen LogP contribution in [0.1, 0.15) is 28.8 Å². The molecule has 1 fully saturated rings. The lowest BCUT2D eigenvalue weighted by atomic mass is 10.00. The zero-order valence-electron chi connectivity index (χ0n) is 24.2. The summed E-state index contributed by atoms with van der Waals surface area (Å²) in [6.07, 6.45) is 3.16. The smallest absolute Gasteiger partial charge is 0.313 e. The minimum Gasteiger partial charge on any atom is -0.480 e. The molecule has 11 nitrogen and oxygen atoms in total. The van der Waals surface area contributed by atoms with Crippen LogP contribution < -0.4 is 26.0 Å². The lowest BCUT2D eigenvalue weighted by Crippen LogP contribution is -2.42. The van der Waals surface area contributed by atoms with Gasteiger partial charge in [-0.2, -0.15) is 0 Å². The molecular weight excluding hydrogens is 619 g/mol. The first kappa shape index (κ1) is 31.4. The second-order valence-corrected chi connectivity index (χ2v) is 10.9. The number of hydrogen-bond donors (Lipinski definition) is 4. The topological polar surface area (TPSA) is 151 Å². The molecule has 230 valence electrons. The molecule has 0 bridgehead atoms. The molecule has 0 spiro atoms. The molecule has 3 amide bonds. The third-order valence-corrected chi connectivity index (χ3v) is 8.09. The van der Waals surface area contributed by atoms with Gasteiger partial charge < -0.3 is 26.0 Å². The van der Waals surface area contributed by atoms with Crippen LogP contribution in [0.15, 0.2) is 60.8 Å². The number of rotatable bonds is 9. The molecule has 13 heteroatoms. The Balaban J connectivity index is 1.35. The fourth-order valence-electron chi connectivity index (χ4n) is 4.86. The summed E-state index contributed by atoms with van der Waals surface area (Å²) in [5, 5.41) is 11.9. The molecule has 2 aromatic heterocycles. The number of carbonyl (C=O) groups is 4. The number of nitrogens with one attached hydrogen (secondary N) is 4. The van der Waals surface area contributed by atoms with Crippen molar-refractivity contribution in [3.63, 3.8) is 0 Å². The van der Waals surface area contributed by atoms with Gasteiger partial charge in [0.2, 0.25) is 11.8 Å². The molecule has 1 aliphatic rings.